The zero-order valence-corrected chi connectivity index (χ0v) is 51.1. The number of hydrogen-bond acceptors (Lipinski definition) is 5. The number of fused-ring (bicyclic) bond motifs is 6. The summed E-state index contributed by atoms with van der Waals surface area (Å²) in [6.45, 7) is 34.9. The van der Waals surface area contributed by atoms with Gasteiger partial charge in [-0.3, -0.25) is 4.98 Å². The second kappa shape index (κ2) is 19.5. The second-order valence-electron chi connectivity index (χ2n) is 27.8. The molecule has 0 aliphatic carbocycles. The van der Waals surface area contributed by atoms with Crippen molar-refractivity contribution >= 4 is 95.0 Å². The predicted octanol–water partition coefficient (Wildman–Crippen LogP) is 19.7. The van der Waals surface area contributed by atoms with Crippen LogP contribution in [0.15, 0.2) is 194 Å². The van der Waals surface area contributed by atoms with Gasteiger partial charge in [-0.1, -0.05) is 201 Å². The van der Waals surface area contributed by atoms with Gasteiger partial charge in [-0.2, -0.15) is 0 Å². The standard InChI is InChI=1S/C75H77BN4S/c1-71(2,3)50-27-33-55(34-28-50)78(62-26-20-19-25-58(62)49-24-21-41-77-47-49)57-37-38-61-64(46-57)80(63-39-31-52(73(7,8)9)42-59(63)48-22-17-16-18-23-48)66-45-54(75(13,14)15)44-65-68(66)76(61)70-69(60-43-53(74(10,11)12)32-40-67(60)81-70)79(65)56-35-29-51(30-36-56)72(4,5)6/h16-47H,1-15H3. The molecule has 2 aromatic heterocycles. The molecule has 0 bridgehead atoms. The van der Waals surface area contributed by atoms with E-state index in [9.17, 15) is 0 Å². The van der Waals surface area contributed by atoms with Crippen molar-refractivity contribution < 1.29 is 0 Å². The van der Waals surface area contributed by atoms with Gasteiger partial charge in [-0.15, -0.1) is 11.3 Å². The lowest BCUT2D eigenvalue weighted by Gasteiger charge is -2.45. The lowest BCUT2D eigenvalue weighted by molar-refractivity contribution is 0.590. The number of anilines is 9. The summed E-state index contributed by atoms with van der Waals surface area (Å²) in [6, 6.07) is 69.8. The largest absolute Gasteiger partial charge is 0.311 e. The van der Waals surface area contributed by atoms with Crippen molar-refractivity contribution in [3.8, 4) is 22.3 Å². The molecule has 0 fully saturated rings. The molecule has 0 saturated heterocycles. The lowest BCUT2D eigenvalue weighted by Crippen LogP contribution is -2.60. The van der Waals surface area contributed by atoms with E-state index in [0.29, 0.717) is 0 Å². The third-order valence-corrected chi connectivity index (χ3v) is 18.2. The first-order valence-corrected chi connectivity index (χ1v) is 29.9. The molecular weight excluding hydrogens is 1000 g/mol. The van der Waals surface area contributed by atoms with Crippen LogP contribution in [0, 0.1) is 0 Å². The minimum Gasteiger partial charge on any atom is -0.311 e. The van der Waals surface area contributed by atoms with Gasteiger partial charge in [-0.25, -0.2) is 0 Å². The van der Waals surface area contributed by atoms with Gasteiger partial charge >= 0.3 is 0 Å². The van der Waals surface area contributed by atoms with E-state index in [1.54, 1.807) is 0 Å². The van der Waals surface area contributed by atoms with Crippen molar-refractivity contribution in [2.24, 2.45) is 0 Å². The van der Waals surface area contributed by atoms with Crippen LogP contribution in [0.25, 0.3) is 32.3 Å². The van der Waals surface area contributed by atoms with Gasteiger partial charge in [0.05, 0.1) is 17.1 Å². The summed E-state index contributed by atoms with van der Waals surface area (Å²) < 4.78 is 2.67. The Balaban J connectivity index is 1.22. The van der Waals surface area contributed by atoms with Crippen molar-refractivity contribution in [1.29, 1.82) is 0 Å². The summed E-state index contributed by atoms with van der Waals surface area (Å²) in [6.07, 6.45) is 3.85. The molecule has 81 heavy (non-hydrogen) atoms. The summed E-state index contributed by atoms with van der Waals surface area (Å²) in [5, 5.41) is 1.30. The highest BCUT2D eigenvalue weighted by atomic mass is 32.1. The molecule has 0 unspecified atom stereocenters. The molecule has 4 heterocycles. The molecule has 0 N–H and O–H groups in total. The monoisotopic (exact) mass is 1080 g/mol. The number of aromatic nitrogens is 1. The first-order valence-electron chi connectivity index (χ1n) is 29.0. The maximum Gasteiger partial charge on any atom is 0.264 e. The van der Waals surface area contributed by atoms with Crippen LogP contribution in [0.3, 0.4) is 0 Å². The molecule has 12 rings (SSSR count). The Bertz CT molecular complexity index is 4010. The van der Waals surface area contributed by atoms with Gasteiger partial charge < -0.3 is 14.7 Å². The summed E-state index contributed by atoms with van der Waals surface area (Å²) >= 11 is 1.97. The Morgan fingerprint density at radius 3 is 1.60 bits per heavy atom. The van der Waals surface area contributed by atoms with Crippen molar-refractivity contribution in [2.45, 2.75) is 131 Å². The van der Waals surface area contributed by atoms with E-state index in [-0.39, 0.29) is 33.8 Å². The van der Waals surface area contributed by atoms with Gasteiger partial charge in [0.1, 0.15) is 0 Å². The van der Waals surface area contributed by atoms with Crippen LogP contribution in [-0.4, -0.2) is 11.7 Å². The maximum atomic E-state index is 4.64. The Labute approximate surface area is 487 Å². The van der Waals surface area contributed by atoms with E-state index in [1.807, 2.05) is 29.8 Å². The minimum atomic E-state index is -0.197. The zero-order chi connectivity index (χ0) is 57.1. The van der Waals surface area contributed by atoms with Crippen LogP contribution in [-0.2, 0) is 27.1 Å². The van der Waals surface area contributed by atoms with E-state index in [0.717, 1.165) is 33.9 Å². The van der Waals surface area contributed by atoms with E-state index >= 15 is 0 Å². The molecule has 2 aliphatic rings. The highest BCUT2D eigenvalue weighted by Gasteiger charge is 2.47. The van der Waals surface area contributed by atoms with Gasteiger partial charge in [0.2, 0.25) is 0 Å². The summed E-state index contributed by atoms with van der Waals surface area (Å²) in [5.41, 5.74) is 23.9. The molecule has 0 saturated carbocycles. The molecule has 406 valence electrons. The van der Waals surface area contributed by atoms with Gasteiger partial charge in [0.25, 0.3) is 6.71 Å². The average molecular weight is 1080 g/mol. The number of benzene rings is 8. The van der Waals surface area contributed by atoms with Crippen molar-refractivity contribution in [1.82, 2.24) is 4.98 Å². The number of nitrogens with zero attached hydrogens (tertiary/aromatic N) is 4. The minimum absolute atomic E-state index is 0.00699. The van der Waals surface area contributed by atoms with Gasteiger partial charge in [0, 0.05) is 78.1 Å². The van der Waals surface area contributed by atoms with E-state index in [4.69, 9.17) is 0 Å². The molecule has 0 radical (unpaired) electrons. The Morgan fingerprint density at radius 2 is 0.975 bits per heavy atom. The van der Waals surface area contributed by atoms with Gasteiger partial charge in [-0.05, 0) is 156 Å². The smallest absolute Gasteiger partial charge is 0.264 e. The summed E-state index contributed by atoms with van der Waals surface area (Å²) in [4.78, 5) is 12.4. The molecule has 10 aromatic rings. The normalized spacial score (nSPS) is 13.5. The fraction of sp³-hybridized carbons (Fsp3) is 0.267. The molecule has 6 heteroatoms. The molecule has 8 aromatic carbocycles. The molecule has 0 spiro atoms. The molecule has 4 nitrogen and oxygen atoms in total. The van der Waals surface area contributed by atoms with Crippen molar-refractivity contribution in [3.05, 3.63) is 222 Å². The Morgan fingerprint density at radius 1 is 0.420 bits per heavy atom. The van der Waals surface area contributed by atoms with Crippen LogP contribution in [0.4, 0.5) is 51.2 Å². The summed E-state index contributed by atoms with van der Waals surface area (Å²) in [5.74, 6) is 0. The van der Waals surface area contributed by atoms with Crippen molar-refractivity contribution in [2.75, 3.05) is 14.7 Å². The van der Waals surface area contributed by atoms with Crippen molar-refractivity contribution in [3.63, 3.8) is 0 Å². The van der Waals surface area contributed by atoms with Crippen LogP contribution in [0.5, 0.6) is 0 Å². The van der Waals surface area contributed by atoms with Crippen LogP contribution < -0.4 is 30.4 Å². The highest BCUT2D eigenvalue weighted by Crippen LogP contribution is 2.53. The van der Waals surface area contributed by atoms with E-state index < -0.39 is 0 Å². The predicted molar refractivity (Wildman–Crippen MR) is 353 cm³/mol. The summed E-state index contributed by atoms with van der Waals surface area (Å²) in [7, 11) is 0. The number of hydrogen-bond donors (Lipinski definition) is 0. The van der Waals surface area contributed by atoms with E-state index in [2.05, 4.69) is 299 Å². The number of thiophene rings is 1. The number of rotatable bonds is 7. The first-order chi connectivity index (χ1) is 38.3. The molecule has 0 atom stereocenters. The average Bonchev–Trinajstić information content (AvgIpc) is 2.18. The number of pyridine rings is 1. The molecule has 2 aliphatic heterocycles. The SMILES string of the molecule is CC(C)(C)c1ccc(N(c2ccc3c(c2)N(c2ccc(C(C)(C)C)cc2-c2ccccc2)c2cc(C(C)(C)C)cc4c2B3c2sc3ccc(C(C)(C)C)cc3c2N4c2ccc(C(C)(C)C)cc2)c2ccccc2-c2cccnc2)cc1. The second-order valence-corrected chi connectivity index (χ2v) is 28.9. The molecule has 0 amide bonds. The van der Waals surface area contributed by atoms with Crippen LogP contribution in [0.1, 0.15) is 132 Å². The van der Waals surface area contributed by atoms with Crippen LogP contribution >= 0.6 is 11.3 Å². The van der Waals surface area contributed by atoms with E-state index in [1.165, 1.54) is 93.2 Å². The van der Waals surface area contributed by atoms with Crippen LogP contribution in [0.2, 0.25) is 0 Å². The fourth-order valence-electron chi connectivity index (χ4n) is 12.2. The highest BCUT2D eigenvalue weighted by molar-refractivity contribution is 7.33. The lowest BCUT2D eigenvalue weighted by atomic mass is 9.36. The third kappa shape index (κ3) is 9.67. The number of para-hydroxylation sites is 1. The Hall–Kier alpha value is -7.67. The third-order valence-electron chi connectivity index (χ3n) is 16.9. The fourth-order valence-corrected chi connectivity index (χ4v) is 13.5. The quantitative estimate of drug-likeness (QED) is 0.148. The zero-order valence-electron chi connectivity index (χ0n) is 50.2. The Kier molecular flexibility index (Phi) is 13.0. The molecular formula is C75H77BN4S. The topological polar surface area (TPSA) is 22.6 Å². The maximum absolute atomic E-state index is 4.64. The first kappa shape index (κ1) is 54.0. The van der Waals surface area contributed by atoms with Gasteiger partial charge in [0.15, 0.2) is 0 Å².